The standard InChI is InChI=1S/C28H32N4O3/c1-19-6-10-23(16-20(19)2)30-28(34)31-25-17-22(9-13-26(25)32-14-4-5-15-32)27(33)29-18-21-7-11-24(35-3)12-8-21/h6-13,16-17H,4-5,14-15,18H2,1-3H3,(H,29,33)(H2,30,31,34). The van der Waals surface area contributed by atoms with Crippen LogP contribution in [0.25, 0.3) is 0 Å². The maximum absolute atomic E-state index is 12.9. The second-order valence-electron chi connectivity index (χ2n) is 8.83. The molecule has 1 aliphatic rings. The molecule has 1 saturated heterocycles. The largest absolute Gasteiger partial charge is 0.497 e. The van der Waals surface area contributed by atoms with Crippen molar-refractivity contribution in [2.75, 3.05) is 35.7 Å². The minimum atomic E-state index is -0.343. The molecule has 7 nitrogen and oxygen atoms in total. The third-order valence-electron chi connectivity index (χ3n) is 6.33. The van der Waals surface area contributed by atoms with E-state index >= 15 is 0 Å². The Bertz CT molecular complexity index is 1200. The van der Waals surface area contributed by atoms with Crippen LogP contribution in [0.4, 0.5) is 21.9 Å². The highest BCUT2D eigenvalue weighted by molar-refractivity contribution is 6.04. The van der Waals surface area contributed by atoms with Crippen LogP contribution in [0.2, 0.25) is 0 Å². The SMILES string of the molecule is COc1ccc(CNC(=O)c2ccc(N3CCCC3)c(NC(=O)Nc3ccc(C)c(C)c3)c2)cc1. The minimum Gasteiger partial charge on any atom is -0.497 e. The summed E-state index contributed by atoms with van der Waals surface area (Å²) in [4.78, 5) is 28.0. The molecule has 0 aromatic heterocycles. The molecular formula is C28H32N4O3. The molecule has 0 bridgehead atoms. The van der Waals surface area contributed by atoms with Crippen molar-refractivity contribution in [1.29, 1.82) is 0 Å². The van der Waals surface area contributed by atoms with E-state index in [0.717, 1.165) is 54.2 Å². The summed E-state index contributed by atoms with van der Waals surface area (Å²) < 4.78 is 5.18. The van der Waals surface area contributed by atoms with Crippen molar-refractivity contribution in [2.45, 2.75) is 33.2 Å². The Hall–Kier alpha value is -4.00. The Balaban J connectivity index is 1.49. The molecule has 35 heavy (non-hydrogen) atoms. The van der Waals surface area contributed by atoms with Gasteiger partial charge in [-0.05, 0) is 85.8 Å². The van der Waals surface area contributed by atoms with Gasteiger partial charge in [0.15, 0.2) is 0 Å². The highest BCUT2D eigenvalue weighted by atomic mass is 16.5. The van der Waals surface area contributed by atoms with Crippen LogP contribution in [0.1, 0.15) is 39.9 Å². The fourth-order valence-corrected chi connectivity index (χ4v) is 4.14. The lowest BCUT2D eigenvalue weighted by atomic mass is 10.1. The number of ether oxygens (including phenoxy) is 1. The van der Waals surface area contributed by atoms with Gasteiger partial charge in [-0.15, -0.1) is 0 Å². The Morgan fingerprint density at radius 2 is 1.63 bits per heavy atom. The minimum absolute atomic E-state index is 0.202. The maximum atomic E-state index is 12.9. The second-order valence-corrected chi connectivity index (χ2v) is 8.83. The summed E-state index contributed by atoms with van der Waals surface area (Å²) in [7, 11) is 1.62. The van der Waals surface area contributed by atoms with E-state index < -0.39 is 0 Å². The summed E-state index contributed by atoms with van der Waals surface area (Å²) in [5, 5.41) is 8.82. The van der Waals surface area contributed by atoms with E-state index in [1.165, 1.54) is 5.56 Å². The summed E-state index contributed by atoms with van der Waals surface area (Å²) >= 11 is 0. The fraction of sp³-hybridized carbons (Fsp3) is 0.286. The summed E-state index contributed by atoms with van der Waals surface area (Å²) in [6.07, 6.45) is 2.22. The van der Waals surface area contributed by atoms with Gasteiger partial charge >= 0.3 is 6.03 Å². The van der Waals surface area contributed by atoms with Gasteiger partial charge in [-0.1, -0.05) is 18.2 Å². The Morgan fingerprint density at radius 1 is 0.886 bits per heavy atom. The van der Waals surface area contributed by atoms with E-state index in [9.17, 15) is 9.59 Å². The molecule has 0 atom stereocenters. The van der Waals surface area contributed by atoms with Crippen molar-refractivity contribution < 1.29 is 14.3 Å². The number of urea groups is 1. The molecule has 1 fully saturated rings. The average molecular weight is 473 g/mol. The molecule has 1 heterocycles. The van der Waals surface area contributed by atoms with Crippen molar-refractivity contribution in [3.05, 3.63) is 82.9 Å². The molecule has 1 aliphatic heterocycles. The number of nitrogens with zero attached hydrogens (tertiary/aromatic N) is 1. The highest BCUT2D eigenvalue weighted by Crippen LogP contribution is 2.30. The second kappa shape index (κ2) is 11.0. The molecule has 3 aromatic rings. The molecule has 3 N–H and O–H groups in total. The molecule has 7 heteroatoms. The molecule has 0 aliphatic carbocycles. The van der Waals surface area contributed by atoms with Crippen molar-refractivity contribution in [3.8, 4) is 5.75 Å². The van der Waals surface area contributed by atoms with E-state index in [4.69, 9.17) is 4.74 Å². The first-order valence-corrected chi connectivity index (χ1v) is 11.9. The van der Waals surface area contributed by atoms with Gasteiger partial charge in [0.2, 0.25) is 0 Å². The number of methoxy groups -OCH3 is 1. The fourth-order valence-electron chi connectivity index (χ4n) is 4.14. The Kier molecular flexibility index (Phi) is 7.55. The predicted molar refractivity (Wildman–Crippen MR) is 141 cm³/mol. The van der Waals surface area contributed by atoms with Gasteiger partial charge in [0, 0.05) is 30.9 Å². The van der Waals surface area contributed by atoms with E-state index in [-0.39, 0.29) is 11.9 Å². The number of hydrogen-bond acceptors (Lipinski definition) is 4. The first kappa shape index (κ1) is 24.1. The maximum Gasteiger partial charge on any atom is 0.323 e. The first-order chi connectivity index (χ1) is 16.9. The van der Waals surface area contributed by atoms with E-state index in [1.807, 2.05) is 68.4 Å². The topological polar surface area (TPSA) is 82.7 Å². The van der Waals surface area contributed by atoms with Crippen LogP contribution in [0.5, 0.6) is 5.75 Å². The van der Waals surface area contributed by atoms with E-state index in [1.54, 1.807) is 13.2 Å². The number of carbonyl (C=O) groups excluding carboxylic acids is 2. The van der Waals surface area contributed by atoms with Crippen molar-refractivity contribution in [3.63, 3.8) is 0 Å². The summed E-state index contributed by atoms with van der Waals surface area (Å²) in [5.74, 6) is 0.568. The van der Waals surface area contributed by atoms with Crippen LogP contribution < -0.4 is 25.6 Å². The molecule has 0 spiro atoms. The van der Waals surface area contributed by atoms with Gasteiger partial charge in [-0.3, -0.25) is 4.79 Å². The molecule has 4 rings (SSSR count). The molecule has 3 amide bonds. The summed E-state index contributed by atoms with van der Waals surface area (Å²) in [6.45, 7) is 6.30. The number of amides is 3. The molecule has 0 radical (unpaired) electrons. The van der Waals surface area contributed by atoms with Crippen molar-refractivity contribution in [1.82, 2.24) is 5.32 Å². The molecule has 3 aromatic carbocycles. The molecule has 0 saturated carbocycles. The van der Waals surface area contributed by atoms with Crippen LogP contribution in [0, 0.1) is 13.8 Å². The van der Waals surface area contributed by atoms with Gasteiger partial charge < -0.3 is 25.6 Å². The van der Waals surface area contributed by atoms with Gasteiger partial charge in [0.05, 0.1) is 18.5 Å². The van der Waals surface area contributed by atoms with Gasteiger partial charge in [0.25, 0.3) is 5.91 Å². The number of nitrogens with one attached hydrogen (secondary N) is 3. The zero-order chi connectivity index (χ0) is 24.8. The third-order valence-corrected chi connectivity index (χ3v) is 6.33. The molecular weight excluding hydrogens is 440 g/mol. The van der Waals surface area contributed by atoms with E-state index in [2.05, 4.69) is 20.9 Å². The van der Waals surface area contributed by atoms with Gasteiger partial charge in [-0.2, -0.15) is 0 Å². The number of rotatable bonds is 7. The van der Waals surface area contributed by atoms with Crippen LogP contribution in [0.15, 0.2) is 60.7 Å². The first-order valence-electron chi connectivity index (χ1n) is 11.9. The predicted octanol–water partition coefficient (Wildman–Crippen LogP) is 5.49. The van der Waals surface area contributed by atoms with Crippen LogP contribution in [-0.4, -0.2) is 32.1 Å². The zero-order valence-corrected chi connectivity index (χ0v) is 20.5. The van der Waals surface area contributed by atoms with Gasteiger partial charge in [0.1, 0.15) is 5.75 Å². The molecule has 0 unspecified atom stereocenters. The van der Waals surface area contributed by atoms with E-state index in [0.29, 0.717) is 17.8 Å². The lowest BCUT2D eigenvalue weighted by molar-refractivity contribution is 0.0951. The number of hydrogen-bond donors (Lipinski definition) is 3. The lowest BCUT2D eigenvalue weighted by Gasteiger charge is -2.22. The van der Waals surface area contributed by atoms with Crippen LogP contribution >= 0.6 is 0 Å². The number of benzene rings is 3. The van der Waals surface area contributed by atoms with Crippen molar-refractivity contribution >= 4 is 29.0 Å². The van der Waals surface area contributed by atoms with Crippen molar-refractivity contribution in [2.24, 2.45) is 0 Å². The number of carbonyl (C=O) groups is 2. The van der Waals surface area contributed by atoms with Gasteiger partial charge in [-0.25, -0.2) is 4.79 Å². The smallest absolute Gasteiger partial charge is 0.323 e. The van der Waals surface area contributed by atoms with Crippen LogP contribution in [0.3, 0.4) is 0 Å². The average Bonchev–Trinajstić information content (AvgIpc) is 3.40. The molecule has 182 valence electrons. The zero-order valence-electron chi connectivity index (χ0n) is 20.5. The number of anilines is 3. The Labute approximate surface area is 206 Å². The summed E-state index contributed by atoms with van der Waals surface area (Å²) in [6, 6.07) is 18.5. The lowest BCUT2D eigenvalue weighted by Crippen LogP contribution is -2.26. The quantitative estimate of drug-likeness (QED) is 0.425. The normalized spacial score (nSPS) is 12.8. The monoisotopic (exact) mass is 472 g/mol. The Morgan fingerprint density at radius 3 is 2.31 bits per heavy atom. The highest BCUT2D eigenvalue weighted by Gasteiger charge is 2.19. The van der Waals surface area contributed by atoms with Crippen LogP contribution in [-0.2, 0) is 6.54 Å². The summed E-state index contributed by atoms with van der Waals surface area (Å²) in [5.41, 5.74) is 6.00. The number of aryl methyl sites for hydroxylation is 2. The third kappa shape index (κ3) is 6.12.